The number of hydrogen-bond donors (Lipinski definition) is 1. The second-order valence-electron chi connectivity index (χ2n) is 7.67. The maximum absolute atomic E-state index is 13.4. The van der Waals surface area contributed by atoms with Crippen molar-refractivity contribution in [3.05, 3.63) is 70.2 Å². The smallest absolute Gasteiger partial charge is 0.330 e. The molecule has 1 aliphatic heterocycles. The lowest BCUT2D eigenvalue weighted by molar-refractivity contribution is -0.145. The Balaban J connectivity index is 1.87. The van der Waals surface area contributed by atoms with Gasteiger partial charge in [-0.25, -0.2) is 14.5 Å². The van der Waals surface area contributed by atoms with Gasteiger partial charge in [-0.2, -0.15) is 0 Å². The molecule has 0 radical (unpaired) electrons. The number of imide groups is 1. The van der Waals surface area contributed by atoms with Crippen LogP contribution in [0.15, 0.2) is 48.5 Å². The molecule has 4 amide bonds. The maximum Gasteiger partial charge on any atom is 0.330 e. The first-order valence-corrected chi connectivity index (χ1v) is 10.4. The van der Waals surface area contributed by atoms with Crippen LogP contribution in [-0.4, -0.2) is 47.7 Å². The molecule has 31 heavy (non-hydrogen) atoms. The van der Waals surface area contributed by atoms with Crippen molar-refractivity contribution in [1.82, 2.24) is 15.1 Å². The average Bonchev–Trinajstić information content (AvgIpc) is 2.76. The number of rotatable bonds is 7. The summed E-state index contributed by atoms with van der Waals surface area (Å²) in [6.07, 6.45) is -0.0560. The number of methoxy groups -OCH3 is 1. The van der Waals surface area contributed by atoms with E-state index in [0.717, 1.165) is 21.6 Å². The molecule has 8 heteroatoms. The SMILES string of the molecule is COC(=O)[C@@H](C)CN1C(=O)NC(Cc2ccccc2C)N(Cc2ccc(Cl)cc2)C1=O. The Morgan fingerprint density at radius 1 is 1.16 bits per heavy atom. The van der Waals surface area contributed by atoms with Crippen molar-refractivity contribution >= 4 is 29.6 Å². The molecule has 1 N–H and O–H groups in total. The van der Waals surface area contributed by atoms with Gasteiger partial charge in [0.2, 0.25) is 0 Å². The number of carbonyl (C=O) groups excluding carboxylic acids is 3. The van der Waals surface area contributed by atoms with Crippen molar-refractivity contribution in [1.29, 1.82) is 0 Å². The first-order valence-electron chi connectivity index (χ1n) is 10.1. The topological polar surface area (TPSA) is 79.0 Å². The fourth-order valence-corrected chi connectivity index (χ4v) is 3.68. The van der Waals surface area contributed by atoms with Gasteiger partial charge < -0.3 is 10.1 Å². The molecule has 1 heterocycles. The monoisotopic (exact) mass is 443 g/mol. The lowest BCUT2D eigenvalue weighted by Gasteiger charge is -2.41. The van der Waals surface area contributed by atoms with Crippen molar-refractivity contribution in [3.63, 3.8) is 0 Å². The van der Waals surface area contributed by atoms with Gasteiger partial charge in [0.15, 0.2) is 0 Å². The van der Waals surface area contributed by atoms with E-state index in [0.29, 0.717) is 11.4 Å². The van der Waals surface area contributed by atoms with Gasteiger partial charge in [-0.3, -0.25) is 9.69 Å². The highest BCUT2D eigenvalue weighted by Gasteiger charge is 2.39. The first kappa shape index (κ1) is 22.6. The number of esters is 1. The predicted molar refractivity (Wildman–Crippen MR) is 117 cm³/mol. The molecule has 2 aromatic rings. The number of nitrogens with zero attached hydrogens (tertiary/aromatic N) is 2. The molecule has 1 fully saturated rings. The lowest BCUT2D eigenvalue weighted by atomic mass is 10.0. The van der Waals surface area contributed by atoms with Gasteiger partial charge in [-0.1, -0.05) is 54.9 Å². The van der Waals surface area contributed by atoms with Crippen molar-refractivity contribution < 1.29 is 19.1 Å². The predicted octanol–water partition coefficient (Wildman–Crippen LogP) is 3.97. The average molecular weight is 444 g/mol. The van der Waals surface area contributed by atoms with Crippen LogP contribution in [0.4, 0.5) is 9.59 Å². The molecule has 2 atom stereocenters. The van der Waals surface area contributed by atoms with Crippen LogP contribution in [0.1, 0.15) is 23.6 Å². The van der Waals surface area contributed by atoms with Gasteiger partial charge in [0, 0.05) is 24.5 Å². The molecule has 2 aromatic carbocycles. The van der Waals surface area contributed by atoms with Crippen molar-refractivity contribution in [2.75, 3.05) is 13.7 Å². The third-order valence-electron chi connectivity index (χ3n) is 5.39. The van der Waals surface area contributed by atoms with Gasteiger partial charge in [-0.05, 0) is 35.7 Å². The summed E-state index contributed by atoms with van der Waals surface area (Å²) in [5.74, 6) is -1.11. The zero-order valence-corrected chi connectivity index (χ0v) is 18.6. The quantitative estimate of drug-likeness (QED) is 0.656. The van der Waals surface area contributed by atoms with Crippen LogP contribution < -0.4 is 5.32 Å². The summed E-state index contributed by atoms with van der Waals surface area (Å²) in [5.41, 5.74) is 3.00. The standard InChI is InChI=1S/C23H26ClN3O4/c1-15-6-4-5-7-18(15)12-20-25-22(29)27(13-16(2)21(28)31-3)23(30)26(20)14-17-8-10-19(24)11-9-17/h4-11,16,20H,12-14H2,1-3H3,(H,25,29)/t16-,20?/m0/s1. The van der Waals surface area contributed by atoms with E-state index in [9.17, 15) is 14.4 Å². The number of benzene rings is 2. The highest BCUT2D eigenvalue weighted by atomic mass is 35.5. The Labute approximate surface area is 186 Å². The molecule has 1 aliphatic rings. The normalized spacial score (nSPS) is 17.4. The minimum absolute atomic E-state index is 0.0639. The molecule has 0 saturated carbocycles. The van der Waals surface area contributed by atoms with Crippen LogP contribution in [0, 0.1) is 12.8 Å². The molecule has 0 spiro atoms. The molecule has 0 bridgehead atoms. The number of carbonyl (C=O) groups is 3. The number of ether oxygens (including phenoxy) is 1. The van der Waals surface area contributed by atoms with Crippen LogP contribution in [0.2, 0.25) is 5.02 Å². The third-order valence-corrected chi connectivity index (χ3v) is 5.64. The Morgan fingerprint density at radius 2 is 1.84 bits per heavy atom. The second kappa shape index (κ2) is 9.83. The van der Waals surface area contributed by atoms with E-state index in [1.165, 1.54) is 7.11 Å². The summed E-state index contributed by atoms with van der Waals surface area (Å²) in [6.45, 7) is 3.84. The van der Waals surface area contributed by atoms with E-state index in [-0.39, 0.29) is 13.1 Å². The number of urea groups is 2. The minimum Gasteiger partial charge on any atom is -0.469 e. The third kappa shape index (κ3) is 5.35. The number of nitrogens with one attached hydrogen (secondary N) is 1. The molecule has 164 valence electrons. The lowest BCUT2D eigenvalue weighted by Crippen LogP contribution is -2.65. The number of hydrogen-bond acceptors (Lipinski definition) is 4. The molecule has 1 saturated heterocycles. The van der Waals surface area contributed by atoms with Crippen LogP contribution in [-0.2, 0) is 22.5 Å². The van der Waals surface area contributed by atoms with E-state index >= 15 is 0 Å². The summed E-state index contributed by atoms with van der Waals surface area (Å²) in [7, 11) is 1.28. The summed E-state index contributed by atoms with van der Waals surface area (Å²) in [5, 5.41) is 3.53. The fourth-order valence-electron chi connectivity index (χ4n) is 3.56. The van der Waals surface area contributed by atoms with Gasteiger partial charge >= 0.3 is 18.0 Å². The fraction of sp³-hybridized carbons (Fsp3) is 0.348. The number of halogens is 1. The van der Waals surface area contributed by atoms with E-state index < -0.39 is 30.1 Å². The Kier molecular flexibility index (Phi) is 7.17. The van der Waals surface area contributed by atoms with Crippen molar-refractivity contribution in [2.45, 2.75) is 33.0 Å². The van der Waals surface area contributed by atoms with Crippen LogP contribution in [0.3, 0.4) is 0 Å². The molecule has 1 unspecified atom stereocenters. The number of aryl methyl sites for hydroxylation is 1. The van der Waals surface area contributed by atoms with Gasteiger partial charge in [0.1, 0.15) is 6.17 Å². The van der Waals surface area contributed by atoms with Crippen molar-refractivity contribution in [2.24, 2.45) is 5.92 Å². The Bertz CT molecular complexity index is 964. The summed E-state index contributed by atoms with van der Waals surface area (Å²) >= 11 is 5.99. The Morgan fingerprint density at radius 3 is 2.48 bits per heavy atom. The summed E-state index contributed by atoms with van der Waals surface area (Å²) in [4.78, 5) is 40.6. The first-order chi connectivity index (χ1) is 14.8. The highest BCUT2D eigenvalue weighted by molar-refractivity contribution is 6.30. The van der Waals surface area contributed by atoms with E-state index in [4.69, 9.17) is 16.3 Å². The molecule has 0 aromatic heterocycles. The van der Waals surface area contributed by atoms with E-state index in [1.54, 1.807) is 24.0 Å². The van der Waals surface area contributed by atoms with Gasteiger partial charge in [-0.15, -0.1) is 0 Å². The van der Waals surface area contributed by atoms with E-state index in [1.807, 2.05) is 43.3 Å². The largest absolute Gasteiger partial charge is 0.469 e. The molecule has 7 nitrogen and oxygen atoms in total. The molecular weight excluding hydrogens is 418 g/mol. The molecular formula is C23H26ClN3O4. The summed E-state index contributed by atoms with van der Waals surface area (Å²) in [6, 6.07) is 14.1. The van der Waals surface area contributed by atoms with Crippen molar-refractivity contribution in [3.8, 4) is 0 Å². The van der Waals surface area contributed by atoms with E-state index in [2.05, 4.69) is 5.32 Å². The maximum atomic E-state index is 13.4. The molecule has 0 aliphatic carbocycles. The van der Waals surface area contributed by atoms with Crippen LogP contribution >= 0.6 is 11.6 Å². The molecule has 3 rings (SSSR count). The highest BCUT2D eigenvalue weighted by Crippen LogP contribution is 2.21. The zero-order chi connectivity index (χ0) is 22.5. The summed E-state index contributed by atoms with van der Waals surface area (Å²) < 4.78 is 4.74. The zero-order valence-electron chi connectivity index (χ0n) is 17.8. The van der Waals surface area contributed by atoms with Gasteiger partial charge in [0.05, 0.1) is 13.0 Å². The Hall–Kier alpha value is -3.06. The van der Waals surface area contributed by atoms with Crippen LogP contribution in [0.5, 0.6) is 0 Å². The van der Waals surface area contributed by atoms with Crippen LogP contribution in [0.25, 0.3) is 0 Å². The van der Waals surface area contributed by atoms with Gasteiger partial charge in [0.25, 0.3) is 0 Å². The number of amides is 4. The minimum atomic E-state index is -0.634. The second-order valence-corrected chi connectivity index (χ2v) is 8.10.